The number of benzene rings is 6. The Hall–Kier alpha value is -5.60. The van der Waals surface area contributed by atoms with Gasteiger partial charge in [-0.05, 0) is 96.0 Å². The first-order valence-corrected chi connectivity index (χ1v) is 15.6. The van der Waals surface area contributed by atoms with Crippen LogP contribution < -0.4 is 0 Å². The molecule has 8 aromatic rings. The van der Waals surface area contributed by atoms with Crippen LogP contribution in [0.1, 0.15) is 25.0 Å². The van der Waals surface area contributed by atoms with E-state index in [1.165, 1.54) is 65.7 Å². The molecule has 0 unspecified atom stereocenters. The van der Waals surface area contributed by atoms with Gasteiger partial charge in [0.1, 0.15) is 0 Å². The first-order chi connectivity index (χ1) is 22.1. The smallest absolute Gasteiger partial charge is 0.0708 e. The lowest BCUT2D eigenvalue weighted by molar-refractivity contribution is 0.651. The Morgan fingerprint density at radius 1 is 0.444 bits per heavy atom. The Balaban J connectivity index is 1.40. The van der Waals surface area contributed by atoms with Crippen LogP contribution in [0.4, 0.5) is 0 Å². The van der Waals surface area contributed by atoms with Gasteiger partial charge in [0.15, 0.2) is 0 Å². The Labute approximate surface area is 262 Å². The van der Waals surface area contributed by atoms with Crippen LogP contribution in [-0.4, -0.2) is 9.97 Å². The van der Waals surface area contributed by atoms with Crippen molar-refractivity contribution in [1.29, 1.82) is 0 Å². The molecule has 1 aliphatic rings. The first kappa shape index (κ1) is 25.9. The molecule has 0 amide bonds. The van der Waals surface area contributed by atoms with Crippen LogP contribution in [0.25, 0.3) is 77.1 Å². The van der Waals surface area contributed by atoms with E-state index in [1.54, 1.807) is 0 Å². The summed E-state index contributed by atoms with van der Waals surface area (Å²) in [7, 11) is 0. The maximum Gasteiger partial charge on any atom is 0.0708 e. The van der Waals surface area contributed by atoms with Gasteiger partial charge in [-0.2, -0.15) is 0 Å². The molecule has 0 saturated heterocycles. The second kappa shape index (κ2) is 9.70. The van der Waals surface area contributed by atoms with Gasteiger partial charge < -0.3 is 0 Å². The van der Waals surface area contributed by atoms with Gasteiger partial charge in [-0.15, -0.1) is 0 Å². The van der Waals surface area contributed by atoms with E-state index in [2.05, 4.69) is 140 Å². The van der Waals surface area contributed by atoms with Crippen molar-refractivity contribution in [3.05, 3.63) is 157 Å². The highest BCUT2D eigenvalue weighted by atomic mass is 14.7. The minimum Gasteiger partial charge on any atom is -0.256 e. The molecule has 212 valence electrons. The molecular weight excluding hydrogens is 544 g/mol. The second-order valence-corrected chi connectivity index (χ2v) is 12.5. The molecule has 45 heavy (non-hydrogen) atoms. The van der Waals surface area contributed by atoms with Crippen molar-refractivity contribution in [3.63, 3.8) is 0 Å². The molecule has 0 bridgehead atoms. The molecule has 0 spiro atoms. The van der Waals surface area contributed by atoms with Crippen LogP contribution in [0.2, 0.25) is 0 Å². The van der Waals surface area contributed by atoms with Gasteiger partial charge >= 0.3 is 0 Å². The van der Waals surface area contributed by atoms with Gasteiger partial charge in [0.2, 0.25) is 0 Å². The summed E-state index contributed by atoms with van der Waals surface area (Å²) in [5.41, 5.74) is 11.9. The number of hydrogen-bond donors (Lipinski definition) is 0. The SMILES string of the molecule is CC1(C)c2ccc(-c3ccccn3)cc2-c2cccc3c(-c4ccc(-c5ccccn5)c5ccccc45)c4ccccc4c1c23. The minimum absolute atomic E-state index is 0.201. The third-order valence-corrected chi connectivity index (χ3v) is 9.75. The molecule has 0 atom stereocenters. The zero-order valence-corrected chi connectivity index (χ0v) is 25.3. The van der Waals surface area contributed by atoms with Crippen LogP contribution in [-0.2, 0) is 5.41 Å². The fourth-order valence-electron chi connectivity index (χ4n) is 7.79. The molecule has 1 aliphatic carbocycles. The van der Waals surface area contributed by atoms with Gasteiger partial charge in [-0.1, -0.05) is 117 Å². The number of hydrogen-bond acceptors (Lipinski definition) is 2. The molecule has 2 heteroatoms. The van der Waals surface area contributed by atoms with Crippen molar-refractivity contribution >= 4 is 32.3 Å². The number of fused-ring (bicyclic) bond motifs is 5. The summed E-state index contributed by atoms with van der Waals surface area (Å²) in [5.74, 6) is 0. The first-order valence-electron chi connectivity index (χ1n) is 15.6. The summed E-state index contributed by atoms with van der Waals surface area (Å²) >= 11 is 0. The summed E-state index contributed by atoms with van der Waals surface area (Å²) in [5, 5.41) is 7.69. The van der Waals surface area contributed by atoms with Crippen LogP contribution in [0.5, 0.6) is 0 Å². The van der Waals surface area contributed by atoms with E-state index < -0.39 is 0 Å². The fraction of sp³-hybridized carbons (Fsp3) is 0.0698. The molecule has 0 fully saturated rings. The molecule has 0 N–H and O–H groups in total. The van der Waals surface area contributed by atoms with Crippen LogP contribution in [0, 0.1) is 0 Å². The highest BCUT2D eigenvalue weighted by Gasteiger charge is 2.36. The van der Waals surface area contributed by atoms with E-state index in [0.29, 0.717) is 0 Å². The third kappa shape index (κ3) is 3.76. The van der Waals surface area contributed by atoms with Gasteiger partial charge in [-0.3, -0.25) is 9.97 Å². The third-order valence-electron chi connectivity index (χ3n) is 9.75. The Bertz CT molecular complexity index is 2440. The lowest BCUT2D eigenvalue weighted by Crippen LogP contribution is -2.24. The van der Waals surface area contributed by atoms with Crippen LogP contribution >= 0.6 is 0 Å². The van der Waals surface area contributed by atoms with Crippen molar-refractivity contribution in [1.82, 2.24) is 9.97 Å². The molecule has 2 heterocycles. The summed E-state index contributed by atoms with van der Waals surface area (Å²) in [6.07, 6.45) is 3.74. The van der Waals surface area contributed by atoms with Gasteiger partial charge in [0.25, 0.3) is 0 Å². The van der Waals surface area contributed by atoms with Crippen molar-refractivity contribution in [2.24, 2.45) is 0 Å². The number of rotatable bonds is 3. The molecular formula is C43H30N2. The van der Waals surface area contributed by atoms with Gasteiger partial charge in [0, 0.05) is 28.9 Å². The normalized spacial score (nSPS) is 13.3. The zero-order chi connectivity index (χ0) is 30.1. The number of nitrogens with zero attached hydrogens (tertiary/aromatic N) is 2. The predicted octanol–water partition coefficient (Wildman–Crippen LogP) is 11.2. The maximum atomic E-state index is 4.71. The van der Waals surface area contributed by atoms with Gasteiger partial charge in [-0.25, -0.2) is 0 Å². The maximum absolute atomic E-state index is 4.71. The summed E-state index contributed by atoms with van der Waals surface area (Å²) in [6.45, 7) is 4.78. The lowest BCUT2D eigenvalue weighted by atomic mass is 9.66. The molecule has 0 aliphatic heterocycles. The van der Waals surface area contributed by atoms with Gasteiger partial charge in [0.05, 0.1) is 11.4 Å². The molecule has 2 nitrogen and oxygen atoms in total. The zero-order valence-electron chi connectivity index (χ0n) is 25.3. The van der Waals surface area contributed by atoms with Crippen LogP contribution in [0.3, 0.4) is 0 Å². The second-order valence-electron chi connectivity index (χ2n) is 12.5. The molecule has 0 saturated carbocycles. The van der Waals surface area contributed by atoms with E-state index >= 15 is 0 Å². The topological polar surface area (TPSA) is 25.8 Å². The van der Waals surface area contributed by atoms with Crippen molar-refractivity contribution in [2.45, 2.75) is 19.3 Å². The standard InChI is InChI=1S/C43H30N2/c1-43(2)37-23-20-27(38-18-7-9-24-44-38)26-36(37)32-16-11-17-35-40(31-14-5-6-15-34(31)42(43)41(32)35)33-22-21-30(39-19-8-10-25-45-39)28-12-3-4-13-29(28)33/h3-26H,1-2H3. The monoisotopic (exact) mass is 574 g/mol. The van der Waals surface area contributed by atoms with Crippen molar-refractivity contribution in [2.75, 3.05) is 0 Å². The number of aromatic nitrogens is 2. The highest BCUT2D eigenvalue weighted by molar-refractivity contribution is 6.23. The Morgan fingerprint density at radius 2 is 1.07 bits per heavy atom. The van der Waals surface area contributed by atoms with Crippen LogP contribution in [0.15, 0.2) is 146 Å². The summed E-state index contributed by atoms with van der Waals surface area (Å²) in [4.78, 5) is 9.38. The minimum atomic E-state index is -0.201. The fourth-order valence-corrected chi connectivity index (χ4v) is 7.79. The van der Waals surface area contributed by atoms with E-state index in [9.17, 15) is 0 Å². The largest absolute Gasteiger partial charge is 0.256 e. The molecule has 0 radical (unpaired) electrons. The molecule has 9 rings (SSSR count). The van der Waals surface area contributed by atoms with E-state index in [1.807, 2.05) is 24.5 Å². The average Bonchev–Trinajstić information content (AvgIpc) is 3.10. The van der Waals surface area contributed by atoms with Crippen molar-refractivity contribution in [3.8, 4) is 44.8 Å². The molecule has 6 aromatic carbocycles. The predicted molar refractivity (Wildman–Crippen MR) is 188 cm³/mol. The quantitative estimate of drug-likeness (QED) is 0.196. The summed E-state index contributed by atoms with van der Waals surface area (Å²) < 4.78 is 0. The lowest BCUT2D eigenvalue weighted by Gasteiger charge is -2.37. The van der Waals surface area contributed by atoms with Crippen molar-refractivity contribution < 1.29 is 0 Å². The molecule has 2 aromatic heterocycles. The summed E-state index contributed by atoms with van der Waals surface area (Å²) in [6, 6.07) is 48.4. The Morgan fingerprint density at radius 3 is 1.80 bits per heavy atom. The average molecular weight is 575 g/mol. The van der Waals surface area contributed by atoms with E-state index in [4.69, 9.17) is 4.98 Å². The van der Waals surface area contributed by atoms with E-state index in [0.717, 1.165) is 22.5 Å². The number of pyridine rings is 2. The Kier molecular flexibility index (Phi) is 5.58. The van der Waals surface area contributed by atoms with E-state index in [-0.39, 0.29) is 5.41 Å². The highest BCUT2D eigenvalue weighted by Crippen LogP contribution is 2.54.